The molecule has 1 N–H and O–H groups in total. The van der Waals surface area contributed by atoms with Gasteiger partial charge in [-0.2, -0.15) is 5.10 Å². The van der Waals surface area contributed by atoms with Gasteiger partial charge in [-0.1, -0.05) is 0 Å². The summed E-state index contributed by atoms with van der Waals surface area (Å²) in [7, 11) is 3.23. The van der Waals surface area contributed by atoms with Gasteiger partial charge in [0.25, 0.3) is 5.56 Å². The highest BCUT2D eigenvalue weighted by atomic mass is 16.5. The quantitative estimate of drug-likeness (QED) is 0.773. The summed E-state index contributed by atoms with van der Waals surface area (Å²) >= 11 is 0. The van der Waals surface area contributed by atoms with E-state index in [1.807, 2.05) is 28.8 Å². The molecule has 3 heterocycles. The van der Waals surface area contributed by atoms with E-state index < -0.39 is 0 Å². The average Bonchev–Trinajstić information content (AvgIpc) is 3.15. The lowest BCUT2D eigenvalue weighted by molar-refractivity contribution is 0.390. The van der Waals surface area contributed by atoms with E-state index >= 15 is 0 Å². The second-order valence-electron chi connectivity index (χ2n) is 6.02. The second-order valence-corrected chi connectivity index (χ2v) is 6.02. The van der Waals surface area contributed by atoms with E-state index in [0.717, 1.165) is 41.2 Å². The van der Waals surface area contributed by atoms with Crippen LogP contribution in [0.15, 0.2) is 35.3 Å². The first-order valence-electron chi connectivity index (χ1n) is 8.23. The molecule has 0 spiro atoms. The maximum atomic E-state index is 13.1. The third-order valence-corrected chi connectivity index (χ3v) is 4.67. The molecule has 7 nitrogen and oxygen atoms in total. The molecule has 3 aromatic rings. The maximum absolute atomic E-state index is 13.1. The van der Waals surface area contributed by atoms with Gasteiger partial charge in [0.15, 0.2) is 0 Å². The molecule has 130 valence electrons. The standard InChI is InChI=1S/C18H20N4O3/c1-24-13-4-3-12(16(9-13)25-2)11-21-17-6-8-20-22(17)15-5-7-19-10-14(15)18(21)23/h3-4,6,8-9,19H,5,7,10-11H2,1-2H3. The van der Waals surface area contributed by atoms with Crippen molar-refractivity contribution in [3.63, 3.8) is 0 Å². The molecule has 0 amide bonds. The Hall–Kier alpha value is -2.80. The summed E-state index contributed by atoms with van der Waals surface area (Å²) < 4.78 is 14.4. The Morgan fingerprint density at radius 3 is 2.92 bits per heavy atom. The molecule has 1 aliphatic heterocycles. The van der Waals surface area contributed by atoms with Crippen molar-refractivity contribution in [3.05, 3.63) is 57.6 Å². The lowest BCUT2D eigenvalue weighted by Crippen LogP contribution is -2.36. The Morgan fingerprint density at radius 1 is 1.24 bits per heavy atom. The van der Waals surface area contributed by atoms with E-state index in [-0.39, 0.29) is 5.56 Å². The van der Waals surface area contributed by atoms with Crippen LogP contribution >= 0.6 is 0 Å². The number of benzene rings is 1. The molecule has 7 heteroatoms. The number of methoxy groups -OCH3 is 2. The maximum Gasteiger partial charge on any atom is 0.258 e. The summed E-state index contributed by atoms with van der Waals surface area (Å²) in [6.45, 7) is 1.84. The Bertz CT molecular complexity index is 990. The Kier molecular flexibility index (Phi) is 3.93. The fraction of sp³-hybridized carbons (Fsp3) is 0.333. The summed E-state index contributed by atoms with van der Waals surface area (Å²) in [5, 5.41) is 7.69. The molecule has 1 aromatic carbocycles. The van der Waals surface area contributed by atoms with Crippen molar-refractivity contribution in [2.24, 2.45) is 0 Å². The minimum Gasteiger partial charge on any atom is -0.497 e. The van der Waals surface area contributed by atoms with Crippen LogP contribution in [0.2, 0.25) is 0 Å². The van der Waals surface area contributed by atoms with Crippen LogP contribution in [0.25, 0.3) is 5.65 Å². The largest absolute Gasteiger partial charge is 0.497 e. The van der Waals surface area contributed by atoms with Crippen molar-refractivity contribution in [1.82, 2.24) is 19.5 Å². The molecule has 0 bridgehead atoms. The van der Waals surface area contributed by atoms with Gasteiger partial charge in [-0.05, 0) is 12.1 Å². The van der Waals surface area contributed by atoms with Gasteiger partial charge in [-0.3, -0.25) is 9.36 Å². The normalized spacial score (nSPS) is 13.7. The number of rotatable bonds is 4. The fourth-order valence-corrected chi connectivity index (χ4v) is 3.39. The van der Waals surface area contributed by atoms with Crippen LogP contribution in [0, 0.1) is 0 Å². The number of nitrogens with one attached hydrogen (secondary N) is 1. The van der Waals surface area contributed by atoms with Crippen LogP contribution in [-0.4, -0.2) is 34.9 Å². The average molecular weight is 340 g/mol. The van der Waals surface area contributed by atoms with E-state index in [1.54, 1.807) is 25.0 Å². The first-order chi connectivity index (χ1) is 12.2. The summed E-state index contributed by atoms with van der Waals surface area (Å²) in [4.78, 5) is 13.1. The van der Waals surface area contributed by atoms with Crippen LogP contribution in [0.1, 0.15) is 16.8 Å². The summed E-state index contributed by atoms with van der Waals surface area (Å²) in [5.74, 6) is 1.41. The first-order valence-corrected chi connectivity index (χ1v) is 8.23. The van der Waals surface area contributed by atoms with Crippen molar-refractivity contribution < 1.29 is 9.47 Å². The lowest BCUT2D eigenvalue weighted by atomic mass is 10.1. The number of nitrogens with zero attached hydrogens (tertiary/aromatic N) is 3. The zero-order valence-electron chi connectivity index (χ0n) is 14.3. The first kappa shape index (κ1) is 15.7. The highest BCUT2D eigenvalue weighted by Gasteiger charge is 2.20. The van der Waals surface area contributed by atoms with Crippen LogP contribution in [-0.2, 0) is 19.5 Å². The van der Waals surface area contributed by atoms with Crippen LogP contribution in [0.4, 0.5) is 0 Å². The van der Waals surface area contributed by atoms with Gasteiger partial charge in [0.05, 0.1) is 38.2 Å². The molecule has 0 radical (unpaired) electrons. The number of hydrogen-bond donors (Lipinski definition) is 1. The van der Waals surface area contributed by atoms with Crippen LogP contribution < -0.4 is 20.3 Å². The third kappa shape index (κ3) is 2.56. The van der Waals surface area contributed by atoms with Crippen LogP contribution in [0.3, 0.4) is 0 Å². The molecule has 0 unspecified atom stereocenters. The van der Waals surface area contributed by atoms with Crippen molar-refractivity contribution in [2.45, 2.75) is 19.5 Å². The molecule has 0 aliphatic carbocycles. The lowest BCUT2D eigenvalue weighted by Gasteiger charge is -2.20. The monoisotopic (exact) mass is 340 g/mol. The highest BCUT2D eigenvalue weighted by molar-refractivity contribution is 5.46. The Balaban J connectivity index is 1.87. The second kappa shape index (κ2) is 6.25. The number of hydrogen-bond acceptors (Lipinski definition) is 5. The molecule has 2 aromatic heterocycles. The SMILES string of the molecule is COc1ccc(Cn2c(=O)c3c(n4nccc24)CCNC3)c(OC)c1. The van der Waals surface area contributed by atoms with E-state index in [1.165, 1.54) is 0 Å². The van der Waals surface area contributed by atoms with E-state index in [0.29, 0.717) is 18.8 Å². The number of fused-ring (bicyclic) bond motifs is 3. The predicted octanol–water partition coefficient (Wildman–Crippen LogP) is 1.21. The van der Waals surface area contributed by atoms with Crippen molar-refractivity contribution >= 4 is 5.65 Å². The Labute approximate surface area is 144 Å². The van der Waals surface area contributed by atoms with Gasteiger partial charge in [0.2, 0.25) is 0 Å². The van der Waals surface area contributed by atoms with Gasteiger partial charge >= 0.3 is 0 Å². The zero-order valence-corrected chi connectivity index (χ0v) is 14.3. The third-order valence-electron chi connectivity index (χ3n) is 4.67. The van der Waals surface area contributed by atoms with Gasteiger partial charge in [0, 0.05) is 37.2 Å². The van der Waals surface area contributed by atoms with Crippen LogP contribution in [0.5, 0.6) is 11.5 Å². The number of aromatic nitrogens is 3. The summed E-state index contributed by atoms with van der Waals surface area (Å²) in [5.41, 5.74) is 3.52. The molecular weight excluding hydrogens is 320 g/mol. The predicted molar refractivity (Wildman–Crippen MR) is 93.5 cm³/mol. The number of ether oxygens (including phenoxy) is 2. The molecule has 0 atom stereocenters. The smallest absolute Gasteiger partial charge is 0.258 e. The molecule has 0 saturated heterocycles. The summed E-state index contributed by atoms with van der Waals surface area (Å²) in [6, 6.07) is 7.50. The molecule has 4 rings (SSSR count). The summed E-state index contributed by atoms with van der Waals surface area (Å²) in [6.07, 6.45) is 2.54. The molecule has 25 heavy (non-hydrogen) atoms. The molecular formula is C18H20N4O3. The van der Waals surface area contributed by atoms with Crippen molar-refractivity contribution in [3.8, 4) is 11.5 Å². The van der Waals surface area contributed by atoms with E-state index in [2.05, 4.69) is 10.4 Å². The Morgan fingerprint density at radius 2 is 2.12 bits per heavy atom. The van der Waals surface area contributed by atoms with Crippen molar-refractivity contribution in [2.75, 3.05) is 20.8 Å². The van der Waals surface area contributed by atoms with E-state index in [9.17, 15) is 4.79 Å². The topological polar surface area (TPSA) is 69.8 Å². The molecule has 0 fully saturated rings. The fourth-order valence-electron chi connectivity index (χ4n) is 3.39. The minimum atomic E-state index is 0.0214. The highest BCUT2D eigenvalue weighted by Crippen LogP contribution is 2.25. The minimum absolute atomic E-state index is 0.0214. The zero-order chi connectivity index (χ0) is 17.4. The molecule has 1 aliphatic rings. The van der Waals surface area contributed by atoms with Gasteiger partial charge < -0.3 is 14.8 Å². The van der Waals surface area contributed by atoms with Gasteiger partial charge in [0.1, 0.15) is 17.1 Å². The van der Waals surface area contributed by atoms with Gasteiger partial charge in [-0.15, -0.1) is 0 Å². The van der Waals surface area contributed by atoms with Crippen molar-refractivity contribution in [1.29, 1.82) is 0 Å². The van der Waals surface area contributed by atoms with E-state index in [4.69, 9.17) is 9.47 Å². The molecule has 0 saturated carbocycles. The van der Waals surface area contributed by atoms with Gasteiger partial charge in [-0.25, -0.2) is 4.52 Å².